The van der Waals surface area contributed by atoms with Crippen molar-refractivity contribution in [1.29, 1.82) is 0 Å². The summed E-state index contributed by atoms with van der Waals surface area (Å²) in [6.07, 6.45) is 0. The molecule has 37 heavy (non-hydrogen) atoms. The number of carboxylic acids is 1. The van der Waals surface area contributed by atoms with Crippen LogP contribution in [-0.2, 0) is 4.84 Å². The van der Waals surface area contributed by atoms with Gasteiger partial charge in [-0.05, 0) is 47.9 Å². The predicted molar refractivity (Wildman–Crippen MR) is 140 cm³/mol. The molecule has 0 heterocycles. The number of oxime groups is 1. The quantitative estimate of drug-likeness (QED) is 0.0941. The summed E-state index contributed by atoms with van der Waals surface area (Å²) in [7, 11) is 0. The predicted octanol–water partition coefficient (Wildman–Crippen LogP) is 6.09. The molecule has 4 rings (SSSR count). The van der Waals surface area contributed by atoms with Crippen LogP contribution in [0.3, 0.4) is 0 Å². The van der Waals surface area contributed by atoms with E-state index in [1.165, 1.54) is 18.2 Å². The van der Waals surface area contributed by atoms with Crippen molar-refractivity contribution in [2.75, 3.05) is 13.2 Å². The largest absolute Gasteiger partial charge is 0.490 e. The molecule has 0 aromatic heterocycles. The fourth-order valence-electron chi connectivity index (χ4n) is 3.51. The number of carboxylic acid groups (broad SMARTS) is 1. The number of esters is 1. The number of rotatable bonds is 10. The first kappa shape index (κ1) is 25.2. The molecule has 0 saturated heterocycles. The summed E-state index contributed by atoms with van der Waals surface area (Å²) >= 11 is 0. The topological polar surface area (TPSA) is 94.4 Å². The lowest BCUT2D eigenvalue weighted by atomic mass is 10.0. The van der Waals surface area contributed by atoms with E-state index >= 15 is 0 Å². The van der Waals surface area contributed by atoms with Gasteiger partial charge in [0.2, 0.25) is 0 Å². The Morgan fingerprint density at radius 1 is 0.757 bits per heavy atom. The molecule has 0 aliphatic heterocycles. The molecule has 7 heteroatoms. The highest BCUT2D eigenvalue weighted by Crippen LogP contribution is 2.27. The number of ether oxygens (including phenoxy) is 2. The van der Waals surface area contributed by atoms with E-state index < -0.39 is 11.9 Å². The van der Waals surface area contributed by atoms with Crippen LogP contribution in [0.5, 0.6) is 11.5 Å². The van der Waals surface area contributed by atoms with Crippen molar-refractivity contribution in [2.24, 2.45) is 5.16 Å². The number of hydrogen-bond donors (Lipinski definition) is 1. The van der Waals surface area contributed by atoms with Gasteiger partial charge in [0.1, 0.15) is 23.7 Å². The smallest absolute Gasteiger partial charge is 0.343 e. The van der Waals surface area contributed by atoms with Crippen LogP contribution in [0.1, 0.15) is 33.2 Å². The molecular formula is C30H25NO6. The molecule has 0 fully saturated rings. The second-order valence-electron chi connectivity index (χ2n) is 8.02. The van der Waals surface area contributed by atoms with Gasteiger partial charge in [0.25, 0.3) is 0 Å². The summed E-state index contributed by atoms with van der Waals surface area (Å²) in [5.74, 6) is -1.67. The lowest BCUT2D eigenvalue weighted by molar-refractivity contribution is 0.0680. The third-order valence-electron chi connectivity index (χ3n) is 5.45. The summed E-state index contributed by atoms with van der Waals surface area (Å²) < 4.78 is 11.1. The standard InChI is InChI=1S/C30H25NO6/c1-21(22-8-4-2-5-9-22)31-36-19-18-35-26-16-17-27(29(32)33)28(20-26)37-30(34)25-14-12-24(13-15-25)23-10-6-3-7-11-23/h2-17,20H,18-19H2,1H3,(H,32,33)/b31-21-. The number of nitrogens with zero attached hydrogens (tertiary/aromatic N) is 1. The van der Waals surface area contributed by atoms with Gasteiger partial charge in [0, 0.05) is 6.07 Å². The van der Waals surface area contributed by atoms with Crippen LogP contribution in [0, 0.1) is 0 Å². The van der Waals surface area contributed by atoms with Gasteiger partial charge >= 0.3 is 11.9 Å². The maximum atomic E-state index is 12.7. The first-order valence-electron chi connectivity index (χ1n) is 11.6. The van der Waals surface area contributed by atoms with Gasteiger partial charge in [-0.25, -0.2) is 9.59 Å². The van der Waals surface area contributed by atoms with E-state index in [1.807, 2.05) is 79.7 Å². The average molecular weight is 496 g/mol. The molecular weight excluding hydrogens is 470 g/mol. The zero-order chi connectivity index (χ0) is 26.0. The Bertz CT molecular complexity index is 1380. The minimum atomic E-state index is -1.22. The van der Waals surface area contributed by atoms with Gasteiger partial charge in [-0.1, -0.05) is 78.0 Å². The molecule has 1 N–H and O–H groups in total. The molecule has 0 unspecified atom stereocenters. The summed E-state index contributed by atoms with van der Waals surface area (Å²) in [6, 6.07) is 30.5. The van der Waals surface area contributed by atoms with Crippen LogP contribution < -0.4 is 9.47 Å². The zero-order valence-electron chi connectivity index (χ0n) is 20.2. The highest BCUT2D eigenvalue weighted by molar-refractivity contribution is 5.98. The Morgan fingerprint density at radius 3 is 2.08 bits per heavy atom. The molecule has 0 aliphatic rings. The summed E-state index contributed by atoms with van der Waals surface area (Å²) in [4.78, 5) is 29.7. The lowest BCUT2D eigenvalue weighted by Crippen LogP contribution is -2.12. The molecule has 0 saturated carbocycles. The average Bonchev–Trinajstić information content (AvgIpc) is 2.93. The molecule has 0 amide bonds. The monoisotopic (exact) mass is 495 g/mol. The van der Waals surface area contributed by atoms with Gasteiger partial charge in [-0.3, -0.25) is 0 Å². The van der Waals surface area contributed by atoms with E-state index in [9.17, 15) is 14.7 Å². The van der Waals surface area contributed by atoms with Crippen LogP contribution in [0.25, 0.3) is 11.1 Å². The summed E-state index contributed by atoms with van der Waals surface area (Å²) in [5.41, 5.74) is 3.80. The molecule has 4 aromatic carbocycles. The van der Waals surface area contributed by atoms with Gasteiger partial charge in [-0.15, -0.1) is 0 Å². The van der Waals surface area contributed by atoms with Crippen LogP contribution in [0.2, 0.25) is 0 Å². The SMILES string of the molecule is C/C(=N/OCCOc1ccc(C(=O)O)c(OC(=O)c2ccc(-c3ccccc3)cc2)c1)c1ccccc1. The number of hydrogen-bond acceptors (Lipinski definition) is 6. The van der Waals surface area contributed by atoms with Crippen molar-refractivity contribution in [3.8, 4) is 22.6 Å². The molecule has 0 bridgehead atoms. The van der Waals surface area contributed by atoms with E-state index in [1.54, 1.807) is 12.1 Å². The van der Waals surface area contributed by atoms with Crippen molar-refractivity contribution in [3.05, 3.63) is 120 Å². The molecule has 7 nitrogen and oxygen atoms in total. The highest BCUT2D eigenvalue weighted by atomic mass is 16.6. The molecule has 0 aliphatic carbocycles. The summed E-state index contributed by atoms with van der Waals surface area (Å²) in [5, 5.41) is 13.6. The normalized spacial score (nSPS) is 11.0. The lowest BCUT2D eigenvalue weighted by Gasteiger charge is -2.11. The van der Waals surface area contributed by atoms with E-state index in [-0.39, 0.29) is 24.5 Å². The van der Waals surface area contributed by atoms with Crippen molar-refractivity contribution in [2.45, 2.75) is 6.92 Å². The molecule has 186 valence electrons. The number of aromatic carboxylic acids is 1. The first-order valence-corrected chi connectivity index (χ1v) is 11.6. The molecule has 0 spiro atoms. The van der Waals surface area contributed by atoms with Gasteiger partial charge in [0.05, 0.1) is 11.3 Å². The summed E-state index contributed by atoms with van der Waals surface area (Å²) in [6.45, 7) is 2.18. The Labute approximate surface area is 214 Å². The minimum absolute atomic E-state index is 0.110. The number of carbonyl (C=O) groups is 2. The Hall–Kier alpha value is -4.91. The Balaban J connectivity index is 1.38. The third-order valence-corrected chi connectivity index (χ3v) is 5.45. The number of benzene rings is 4. The minimum Gasteiger partial charge on any atom is -0.490 e. The van der Waals surface area contributed by atoms with Crippen LogP contribution in [0.15, 0.2) is 108 Å². The molecule has 4 aromatic rings. The highest BCUT2D eigenvalue weighted by Gasteiger charge is 2.17. The zero-order valence-corrected chi connectivity index (χ0v) is 20.2. The maximum absolute atomic E-state index is 12.7. The van der Waals surface area contributed by atoms with Crippen LogP contribution >= 0.6 is 0 Å². The molecule has 0 atom stereocenters. The van der Waals surface area contributed by atoms with Gasteiger partial charge in [-0.2, -0.15) is 0 Å². The van der Waals surface area contributed by atoms with Crippen LogP contribution in [0.4, 0.5) is 0 Å². The Kier molecular flexibility index (Phi) is 8.29. The fraction of sp³-hybridized carbons (Fsp3) is 0.100. The van der Waals surface area contributed by atoms with Crippen molar-refractivity contribution in [3.63, 3.8) is 0 Å². The molecule has 0 radical (unpaired) electrons. The number of carbonyl (C=O) groups excluding carboxylic acids is 1. The van der Waals surface area contributed by atoms with E-state index in [2.05, 4.69) is 5.16 Å². The van der Waals surface area contributed by atoms with Gasteiger partial charge < -0.3 is 19.4 Å². The second kappa shape index (κ2) is 12.2. The van der Waals surface area contributed by atoms with E-state index in [0.29, 0.717) is 11.3 Å². The van der Waals surface area contributed by atoms with Crippen LogP contribution in [-0.4, -0.2) is 36.0 Å². The second-order valence-corrected chi connectivity index (χ2v) is 8.02. The van der Waals surface area contributed by atoms with Gasteiger partial charge in [0.15, 0.2) is 6.61 Å². The van der Waals surface area contributed by atoms with E-state index in [0.717, 1.165) is 22.4 Å². The van der Waals surface area contributed by atoms with Crippen molar-refractivity contribution >= 4 is 17.7 Å². The Morgan fingerprint density at radius 2 is 1.41 bits per heavy atom. The van der Waals surface area contributed by atoms with E-state index in [4.69, 9.17) is 14.3 Å². The first-order chi connectivity index (χ1) is 18.0. The fourth-order valence-corrected chi connectivity index (χ4v) is 3.51. The van der Waals surface area contributed by atoms with Crippen molar-refractivity contribution < 1.29 is 29.0 Å². The third kappa shape index (κ3) is 6.82. The maximum Gasteiger partial charge on any atom is 0.343 e. The van der Waals surface area contributed by atoms with Crippen molar-refractivity contribution in [1.82, 2.24) is 0 Å².